The van der Waals surface area contributed by atoms with Gasteiger partial charge in [0.15, 0.2) is 0 Å². The number of carbonyl (C=O) groups excluding carboxylic acids is 2. The second-order valence-electron chi connectivity index (χ2n) is 5.28. The second-order valence-corrected chi connectivity index (χ2v) is 6.96. The summed E-state index contributed by atoms with van der Waals surface area (Å²) in [4.78, 5) is 23.0. The first-order valence-electron chi connectivity index (χ1n) is 7.14. The Kier molecular flexibility index (Phi) is 4.12. The molecule has 1 aliphatic heterocycles. The Morgan fingerprint density at radius 1 is 1.00 bits per heavy atom. The highest BCUT2D eigenvalue weighted by Crippen LogP contribution is 2.28. The zero-order valence-corrected chi connectivity index (χ0v) is 13.6. The van der Waals surface area contributed by atoms with Crippen molar-refractivity contribution in [3.8, 4) is 6.07 Å². The number of rotatable bonds is 3. The van der Waals surface area contributed by atoms with Crippen molar-refractivity contribution in [2.24, 2.45) is 0 Å². The van der Waals surface area contributed by atoms with Crippen LogP contribution in [0, 0.1) is 11.3 Å². The summed E-state index contributed by atoms with van der Waals surface area (Å²) in [5.74, 6) is -1.00. The molecule has 0 saturated carbocycles. The number of anilines is 3. The van der Waals surface area contributed by atoms with Crippen LogP contribution in [-0.4, -0.2) is 20.2 Å². The number of nitrogens with one attached hydrogen (secondary N) is 3. The van der Waals surface area contributed by atoms with Gasteiger partial charge in [0.05, 0.1) is 33.6 Å². The van der Waals surface area contributed by atoms with Gasteiger partial charge in [-0.25, -0.2) is 8.42 Å². The highest BCUT2D eigenvalue weighted by molar-refractivity contribution is 7.92. The lowest BCUT2D eigenvalue weighted by Gasteiger charge is -2.12. The molecule has 2 aromatic carbocycles. The van der Waals surface area contributed by atoms with E-state index in [4.69, 9.17) is 5.26 Å². The number of amides is 2. The molecule has 3 N–H and O–H groups in total. The lowest BCUT2D eigenvalue weighted by molar-refractivity contribution is -0.123. The van der Waals surface area contributed by atoms with E-state index in [1.54, 1.807) is 12.1 Å². The van der Waals surface area contributed by atoms with Gasteiger partial charge in [0.1, 0.15) is 6.42 Å². The van der Waals surface area contributed by atoms with Crippen LogP contribution in [0.3, 0.4) is 0 Å². The minimum Gasteiger partial charge on any atom is -0.324 e. The molecule has 0 aliphatic carbocycles. The number of hydrogen-bond acceptors (Lipinski definition) is 5. The molecule has 2 aromatic rings. The van der Waals surface area contributed by atoms with Crippen LogP contribution in [0.2, 0.25) is 0 Å². The molecule has 0 spiro atoms. The predicted octanol–water partition coefficient (Wildman–Crippen LogP) is 1.64. The summed E-state index contributed by atoms with van der Waals surface area (Å²) in [6.45, 7) is 0. The second kappa shape index (κ2) is 6.26. The van der Waals surface area contributed by atoms with Crippen molar-refractivity contribution in [3.63, 3.8) is 0 Å². The third kappa shape index (κ3) is 3.59. The van der Waals surface area contributed by atoms with E-state index in [1.165, 1.54) is 30.3 Å². The van der Waals surface area contributed by atoms with Gasteiger partial charge in [-0.1, -0.05) is 6.07 Å². The fourth-order valence-corrected chi connectivity index (χ4v) is 3.38. The highest BCUT2D eigenvalue weighted by Gasteiger charge is 2.21. The van der Waals surface area contributed by atoms with E-state index in [1.807, 2.05) is 6.07 Å². The maximum atomic E-state index is 12.5. The van der Waals surface area contributed by atoms with Gasteiger partial charge in [0.2, 0.25) is 11.8 Å². The van der Waals surface area contributed by atoms with Crippen LogP contribution in [0.25, 0.3) is 0 Å². The summed E-state index contributed by atoms with van der Waals surface area (Å²) in [5, 5.41) is 13.9. The number of fused-ring (bicyclic) bond motifs is 1. The van der Waals surface area contributed by atoms with Gasteiger partial charge in [-0.2, -0.15) is 5.26 Å². The maximum absolute atomic E-state index is 12.5. The number of nitrogens with zero attached hydrogens (tertiary/aromatic N) is 1. The van der Waals surface area contributed by atoms with Crippen LogP contribution < -0.4 is 15.4 Å². The van der Waals surface area contributed by atoms with Crippen LogP contribution in [0.1, 0.15) is 12.0 Å². The molecule has 0 bridgehead atoms. The van der Waals surface area contributed by atoms with E-state index in [2.05, 4.69) is 15.4 Å². The molecule has 9 heteroatoms. The summed E-state index contributed by atoms with van der Waals surface area (Å²) >= 11 is 0. The molecule has 25 heavy (non-hydrogen) atoms. The molecule has 0 fully saturated rings. The Bertz CT molecular complexity index is 1020. The molecule has 0 atom stereocenters. The molecule has 0 radical (unpaired) electrons. The van der Waals surface area contributed by atoms with E-state index in [9.17, 15) is 18.0 Å². The number of carbonyl (C=O) groups is 2. The van der Waals surface area contributed by atoms with Crippen molar-refractivity contribution in [1.82, 2.24) is 0 Å². The average molecular weight is 356 g/mol. The smallest absolute Gasteiger partial charge is 0.261 e. The van der Waals surface area contributed by atoms with Gasteiger partial charge in [-0.3, -0.25) is 14.3 Å². The van der Waals surface area contributed by atoms with E-state index in [-0.39, 0.29) is 22.7 Å². The Morgan fingerprint density at radius 3 is 2.44 bits per heavy atom. The molecule has 1 aliphatic rings. The molecule has 8 nitrogen and oxygen atoms in total. The summed E-state index contributed by atoms with van der Waals surface area (Å²) in [6.07, 6.45) is -0.337. The third-order valence-electron chi connectivity index (χ3n) is 3.41. The number of sulfonamides is 1. The molecular weight excluding hydrogens is 344 g/mol. The molecule has 1 heterocycles. The topological polar surface area (TPSA) is 128 Å². The lowest BCUT2D eigenvalue weighted by Crippen LogP contribution is -2.16. The largest absolute Gasteiger partial charge is 0.324 e. The Hall–Kier alpha value is -3.38. The molecule has 0 unspecified atom stereocenters. The molecular formula is C16H12N4O4S. The predicted molar refractivity (Wildman–Crippen MR) is 90.3 cm³/mol. The van der Waals surface area contributed by atoms with Gasteiger partial charge < -0.3 is 10.6 Å². The van der Waals surface area contributed by atoms with E-state index >= 15 is 0 Å². The van der Waals surface area contributed by atoms with Gasteiger partial charge >= 0.3 is 0 Å². The van der Waals surface area contributed by atoms with Gasteiger partial charge in [-0.05, 0) is 36.4 Å². The first-order valence-corrected chi connectivity index (χ1v) is 8.62. The van der Waals surface area contributed by atoms with E-state index < -0.39 is 21.8 Å². The van der Waals surface area contributed by atoms with Crippen LogP contribution in [0.4, 0.5) is 17.1 Å². The average Bonchev–Trinajstić information content (AvgIpc) is 2.70. The fraction of sp³-hybridized carbons (Fsp3) is 0.0625. The lowest BCUT2D eigenvalue weighted by atomic mass is 10.2. The van der Waals surface area contributed by atoms with Crippen molar-refractivity contribution < 1.29 is 18.0 Å². The van der Waals surface area contributed by atoms with Crippen molar-refractivity contribution >= 4 is 38.9 Å². The molecule has 0 aromatic heterocycles. The minimum atomic E-state index is -3.94. The number of nitriles is 1. The molecule has 126 valence electrons. The summed E-state index contributed by atoms with van der Waals surface area (Å²) in [7, 11) is -3.94. The van der Waals surface area contributed by atoms with Crippen molar-refractivity contribution in [1.29, 1.82) is 5.26 Å². The van der Waals surface area contributed by atoms with Crippen LogP contribution >= 0.6 is 0 Å². The first kappa shape index (κ1) is 16.5. The monoisotopic (exact) mass is 356 g/mol. The molecule has 2 amide bonds. The zero-order chi connectivity index (χ0) is 18.0. The molecule has 3 rings (SSSR count). The first-order chi connectivity index (χ1) is 11.9. The third-order valence-corrected chi connectivity index (χ3v) is 4.79. The normalized spacial score (nSPS) is 13.7. The van der Waals surface area contributed by atoms with Gasteiger partial charge in [-0.15, -0.1) is 0 Å². The Labute approximate surface area is 143 Å². The highest BCUT2D eigenvalue weighted by atomic mass is 32.2. The SMILES string of the molecule is N#Cc1cccc(NS(=O)(=O)c2ccc3c(c2)NC(=O)CC(=O)N3)c1. The summed E-state index contributed by atoms with van der Waals surface area (Å²) in [6, 6.07) is 11.9. The summed E-state index contributed by atoms with van der Waals surface area (Å²) in [5.41, 5.74) is 1.08. The number of hydrogen-bond donors (Lipinski definition) is 3. The van der Waals surface area contributed by atoms with Gasteiger partial charge in [0, 0.05) is 0 Å². The number of benzene rings is 2. The van der Waals surface area contributed by atoms with Crippen molar-refractivity contribution in [2.45, 2.75) is 11.3 Å². The quantitative estimate of drug-likeness (QED) is 0.720. The Balaban J connectivity index is 1.94. The van der Waals surface area contributed by atoms with Crippen LogP contribution in [0.5, 0.6) is 0 Å². The van der Waals surface area contributed by atoms with Gasteiger partial charge in [0.25, 0.3) is 10.0 Å². The maximum Gasteiger partial charge on any atom is 0.261 e. The standard InChI is InChI=1S/C16H12N4O4S/c17-9-10-2-1-3-11(6-10)20-25(23,24)12-4-5-13-14(7-12)19-16(22)8-15(21)18-13/h1-7,20H,8H2,(H,18,21)(H,19,22). The zero-order valence-electron chi connectivity index (χ0n) is 12.7. The minimum absolute atomic E-state index is 0.0925. The van der Waals surface area contributed by atoms with Crippen molar-refractivity contribution in [2.75, 3.05) is 15.4 Å². The fourth-order valence-electron chi connectivity index (χ4n) is 2.30. The summed E-state index contributed by atoms with van der Waals surface area (Å²) < 4.78 is 27.4. The van der Waals surface area contributed by atoms with Crippen molar-refractivity contribution in [3.05, 3.63) is 48.0 Å². The van der Waals surface area contributed by atoms with E-state index in [0.29, 0.717) is 11.3 Å². The van der Waals surface area contributed by atoms with Crippen LogP contribution in [-0.2, 0) is 19.6 Å². The molecule has 0 saturated heterocycles. The Morgan fingerprint density at radius 2 is 1.72 bits per heavy atom. The van der Waals surface area contributed by atoms with Crippen LogP contribution in [0.15, 0.2) is 47.4 Å². The van der Waals surface area contributed by atoms with E-state index in [0.717, 1.165) is 0 Å².